The average molecular weight is 449 g/mol. The highest BCUT2D eigenvalue weighted by atomic mass is 16.5. The summed E-state index contributed by atoms with van der Waals surface area (Å²) in [4.78, 5) is 32.3. The van der Waals surface area contributed by atoms with Gasteiger partial charge in [-0.15, -0.1) is 0 Å². The molecule has 2 aromatic carbocycles. The number of nitrogens with zero attached hydrogens (tertiary/aromatic N) is 3. The van der Waals surface area contributed by atoms with Crippen LogP contribution in [0.5, 0.6) is 5.75 Å². The van der Waals surface area contributed by atoms with Crippen molar-refractivity contribution in [1.82, 2.24) is 19.8 Å². The second-order valence-corrected chi connectivity index (χ2v) is 8.83. The van der Waals surface area contributed by atoms with Crippen molar-refractivity contribution in [3.8, 4) is 5.75 Å². The highest BCUT2D eigenvalue weighted by Gasteiger charge is 2.23. The van der Waals surface area contributed by atoms with E-state index in [2.05, 4.69) is 5.32 Å². The van der Waals surface area contributed by atoms with E-state index in [4.69, 9.17) is 9.72 Å². The molecule has 7 heteroatoms. The Hall–Kier alpha value is -3.35. The largest absolute Gasteiger partial charge is 0.483 e. The van der Waals surface area contributed by atoms with Crippen molar-refractivity contribution in [2.24, 2.45) is 0 Å². The third kappa shape index (κ3) is 5.35. The zero-order chi connectivity index (χ0) is 23.4. The van der Waals surface area contributed by atoms with Crippen LogP contribution < -0.4 is 10.1 Å². The molecule has 33 heavy (non-hydrogen) atoms. The van der Waals surface area contributed by atoms with Gasteiger partial charge in [0.1, 0.15) is 18.1 Å². The Labute approximate surface area is 194 Å². The van der Waals surface area contributed by atoms with Gasteiger partial charge in [0.05, 0.1) is 17.1 Å². The number of hydrogen-bond acceptors (Lipinski definition) is 4. The Balaban J connectivity index is 1.48. The molecular formula is C26H32N4O3. The second kappa shape index (κ2) is 10.1. The summed E-state index contributed by atoms with van der Waals surface area (Å²) in [5, 5.41) is 2.98. The third-order valence-electron chi connectivity index (χ3n) is 6.15. The number of fused-ring (bicyclic) bond motifs is 1. The highest BCUT2D eigenvalue weighted by Crippen LogP contribution is 2.22. The molecule has 174 valence electrons. The molecule has 0 radical (unpaired) electrons. The standard InChI is InChI=1S/C26H32N4O3/c1-18-11-12-19(2)23(15-18)33-17-24(31)27-20(3)26-28-21-9-5-6-10-22(21)30(26)16-25(32)29-13-7-4-8-14-29/h5-6,9-12,15,20H,4,7-8,13-14,16-17H2,1-3H3,(H,27,31). The van der Waals surface area contributed by atoms with Gasteiger partial charge in [-0.1, -0.05) is 24.3 Å². The summed E-state index contributed by atoms with van der Waals surface area (Å²) in [6.07, 6.45) is 3.28. The van der Waals surface area contributed by atoms with E-state index in [0.717, 1.165) is 48.1 Å². The Morgan fingerprint density at radius 2 is 1.85 bits per heavy atom. The molecule has 0 aliphatic carbocycles. The molecule has 0 spiro atoms. The molecule has 1 fully saturated rings. The number of aryl methyl sites for hydroxylation is 2. The molecule has 1 saturated heterocycles. The molecule has 1 aromatic heterocycles. The quantitative estimate of drug-likeness (QED) is 0.594. The van der Waals surface area contributed by atoms with E-state index in [1.807, 2.05) is 72.7 Å². The van der Waals surface area contributed by atoms with E-state index in [1.165, 1.54) is 6.42 Å². The van der Waals surface area contributed by atoms with Crippen molar-refractivity contribution in [2.75, 3.05) is 19.7 Å². The van der Waals surface area contributed by atoms with Crippen molar-refractivity contribution in [3.05, 3.63) is 59.4 Å². The summed E-state index contributed by atoms with van der Waals surface area (Å²) in [6.45, 7) is 7.59. The Morgan fingerprint density at radius 3 is 2.64 bits per heavy atom. The van der Waals surface area contributed by atoms with E-state index in [0.29, 0.717) is 11.6 Å². The van der Waals surface area contributed by atoms with Crippen LogP contribution in [0.1, 0.15) is 49.2 Å². The van der Waals surface area contributed by atoms with Crippen LogP contribution in [-0.4, -0.2) is 46.0 Å². The lowest BCUT2D eigenvalue weighted by atomic mass is 10.1. The molecular weight excluding hydrogens is 416 g/mol. The van der Waals surface area contributed by atoms with Crippen LogP contribution in [0.2, 0.25) is 0 Å². The topological polar surface area (TPSA) is 76.5 Å². The molecule has 1 unspecified atom stereocenters. The molecule has 0 saturated carbocycles. The van der Waals surface area contributed by atoms with Crippen LogP contribution in [0.4, 0.5) is 0 Å². The lowest BCUT2D eigenvalue weighted by molar-refractivity contribution is -0.132. The predicted molar refractivity (Wildman–Crippen MR) is 128 cm³/mol. The molecule has 7 nitrogen and oxygen atoms in total. The average Bonchev–Trinajstić information content (AvgIpc) is 3.18. The first-order valence-corrected chi connectivity index (χ1v) is 11.6. The summed E-state index contributed by atoms with van der Waals surface area (Å²) in [5.74, 6) is 1.24. The zero-order valence-corrected chi connectivity index (χ0v) is 19.6. The number of ether oxygens (including phenoxy) is 1. The second-order valence-electron chi connectivity index (χ2n) is 8.83. The molecule has 2 heterocycles. The number of aromatic nitrogens is 2. The van der Waals surface area contributed by atoms with Gasteiger partial charge in [-0.05, 0) is 69.4 Å². The van der Waals surface area contributed by atoms with E-state index in [1.54, 1.807) is 0 Å². The first-order chi connectivity index (χ1) is 15.9. The maximum Gasteiger partial charge on any atom is 0.258 e. The number of carbonyl (C=O) groups is 2. The maximum absolute atomic E-state index is 13.0. The van der Waals surface area contributed by atoms with Crippen molar-refractivity contribution in [1.29, 1.82) is 0 Å². The number of hydrogen-bond donors (Lipinski definition) is 1. The van der Waals surface area contributed by atoms with Gasteiger partial charge in [-0.25, -0.2) is 4.98 Å². The van der Waals surface area contributed by atoms with Crippen LogP contribution in [-0.2, 0) is 16.1 Å². The number of piperidine rings is 1. The van der Waals surface area contributed by atoms with Gasteiger partial charge in [0.2, 0.25) is 5.91 Å². The lowest BCUT2D eigenvalue weighted by Crippen LogP contribution is -2.38. The highest BCUT2D eigenvalue weighted by molar-refractivity contribution is 5.82. The zero-order valence-electron chi connectivity index (χ0n) is 19.6. The third-order valence-corrected chi connectivity index (χ3v) is 6.15. The summed E-state index contributed by atoms with van der Waals surface area (Å²) in [6, 6.07) is 13.3. The lowest BCUT2D eigenvalue weighted by Gasteiger charge is -2.27. The number of likely N-dealkylation sites (tertiary alicyclic amines) is 1. The number of carbonyl (C=O) groups excluding carboxylic acids is 2. The van der Waals surface area contributed by atoms with Gasteiger partial charge in [0, 0.05) is 13.1 Å². The van der Waals surface area contributed by atoms with Crippen LogP contribution in [0.3, 0.4) is 0 Å². The fourth-order valence-corrected chi connectivity index (χ4v) is 4.32. The van der Waals surface area contributed by atoms with Crippen LogP contribution in [0.25, 0.3) is 11.0 Å². The Kier molecular flexibility index (Phi) is 6.96. The summed E-state index contributed by atoms with van der Waals surface area (Å²) >= 11 is 0. The van der Waals surface area contributed by atoms with E-state index < -0.39 is 0 Å². The van der Waals surface area contributed by atoms with Crippen LogP contribution in [0.15, 0.2) is 42.5 Å². The SMILES string of the molecule is Cc1ccc(C)c(OCC(=O)NC(C)c2nc3ccccc3n2CC(=O)N2CCCCC2)c1. The van der Waals surface area contributed by atoms with Crippen LogP contribution >= 0.6 is 0 Å². The van der Waals surface area contributed by atoms with Crippen molar-refractivity contribution >= 4 is 22.8 Å². The Morgan fingerprint density at radius 1 is 1.09 bits per heavy atom. The number of para-hydroxylation sites is 2. The molecule has 1 aliphatic rings. The summed E-state index contributed by atoms with van der Waals surface area (Å²) in [5.41, 5.74) is 3.77. The van der Waals surface area contributed by atoms with E-state index in [9.17, 15) is 9.59 Å². The fraction of sp³-hybridized carbons (Fsp3) is 0.423. The minimum absolute atomic E-state index is 0.0818. The number of benzene rings is 2. The molecule has 0 bridgehead atoms. The first-order valence-electron chi connectivity index (χ1n) is 11.6. The number of imidazole rings is 1. The van der Waals surface area contributed by atoms with Crippen molar-refractivity contribution in [3.63, 3.8) is 0 Å². The van der Waals surface area contributed by atoms with Crippen LogP contribution in [0, 0.1) is 13.8 Å². The monoisotopic (exact) mass is 448 g/mol. The van der Waals surface area contributed by atoms with Crippen molar-refractivity contribution < 1.29 is 14.3 Å². The van der Waals surface area contributed by atoms with Gasteiger partial charge in [0.25, 0.3) is 5.91 Å². The van der Waals surface area contributed by atoms with Gasteiger partial charge in [-0.2, -0.15) is 0 Å². The van der Waals surface area contributed by atoms with Gasteiger partial charge < -0.3 is 19.5 Å². The fourth-order valence-electron chi connectivity index (χ4n) is 4.32. The number of amides is 2. The Bertz CT molecular complexity index is 1150. The van der Waals surface area contributed by atoms with Gasteiger partial charge in [-0.3, -0.25) is 9.59 Å². The maximum atomic E-state index is 13.0. The minimum Gasteiger partial charge on any atom is -0.483 e. The molecule has 1 atom stereocenters. The predicted octanol–water partition coefficient (Wildman–Crippen LogP) is 3.92. The van der Waals surface area contributed by atoms with Gasteiger partial charge in [0.15, 0.2) is 6.61 Å². The minimum atomic E-state index is -0.374. The van der Waals surface area contributed by atoms with Crippen molar-refractivity contribution in [2.45, 2.75) is 52.6 Å². The molecule has 4 rings (SSSR count). The number of nitrogens with one attached hydrogen (secondary N) is 1. The molecule has 2 amide bonds. The molecule has 1 aliphatic heterocycles. The summed E-state index contributed by atoms with van der Waals surface area (Å²) < 4.78 is 7.68. The smallest absolute Gasteiger partial charge is 0.258 e. The van der Waals surface area contributed by atoms with E-state index in [-0.39, 0.29) is 31.0 Å². The first kappa shape index (κ1) is 22.8. The summed E-state index contributed by atoms with van der Waals surface area (Å²) in [7, 11) is 0. The van der Waals surface area contributed by atoms with Gasteiger partial charge >= 0.3 is 0 Å². The molecule has 1 N–H and O–H groups in total. The number of rotatable bonds is 7. The molecule has 3 aromatic rings. The van der Waals surface area contributed by atoms with E-state index >= 15 is 0 Å². The normalized spacial score (nSPS) is 14.8.